The van der Waals surface area contributed by atoms with E-state index in [4.69, 9.17) is 0 Å². The highest BCUT2D eigenvalue weighted by atomic mass is 31.1. The molecule has 0 heterocycles. The van der Waals surface area contributed by atoms with Gasteiger partial charge in [-0.2, -0.15) is 0 Å². The highest BCUT2D eigenvalue weighted by Crippen LogP contribution is 2.36. The third kappa shape index (κ3) is 2.64. The van der Waals surface area contributed by atoms with E-state index >= 15 is 0 Å². The van der Waals surface area contributed by atoms with Crippen LogP contribution >= 0.6 is 8.46 Å². The third-order valence-electron chi connectivity index (χ3n) is 4.60. The summed E-state index contributed by atoms with van der Waals surface area (Å²) in [5.74, 6) is 0. The summed E-state index contributed by atoms with van der Waals surface area (Å²) in [6.45, 7) is 12.2. The monoisotopic (exact) mass is 312 g/mol. The molecule has 0 fully saturated rings. The Morgan fingerprint density at radius 3 is 2.05 bits per heavy atom. The maximum Gasteiger partial charge on any atom is 0.253 e. The summed E-state index contributed by atoms with van der Waals surface area (Å²) in [5.41, 5.74) is 9.16. The zero-order valence-electron chi connectivity index (χ0n) is 14.0. The van der Waals surface area contributed by atoms with Crippen molar-refractivity contribution in [2.75, 3.05) is 0 Å². The molecule has 3 heteroatoms. The molecule has 114 valence electrons. The van der Waals surface area contributed by atoms with Crippen molar-refractivity contribution in [1.82, 2.24) is 0 Å². The zero-order chi connectivity index (χ0) is 16.6. The van der Waals surface area contributed by atoms with Gasteiger partial charge in [-0.15, -0.1) is 0 Å². The molecule has 2 nitrogen and oxygen atoms in total. The van der Waals surface area contributed by atoms with E-state index in [0.29, 0.717) is 5.56 Å². The largest absolute Gasteiger partial charge is 0.280 e. The van der Waals surface area contributed by atoms with Crippen molar-refractivity contribution >= 4 is 14.0 Å². The number of aryl methyl sites for hydroxylation is 3. The highest BCUT2D eigenvalue weighted by molar-refractivity contribution is 7.47. The van der Waals surface area contributed by atoms with Crippen LogP contribution in [0.4, 0.5) is 0 Å². The van der Waals surface area contributed by atoms with Crippen molar-refractivity contribution in [2.45, 2.75) is 41.5 Å². The molecule has 0 spiro atoms. The van der Waals surface area contributed by atoms with Gasteiger partial charge in [0.15, 0.2) is 0 Å². The van der Waals surface area contributed by atoms with Gasteiger partial charge >= 0.3 is 0 Å². The molecule has 0 saturated heterocycles. The molecule has 0 aromatic heterocycles. The summed E-state index contributed by atoms with van der Waals surface area (Å²) in [7, 11) is -0.453. The Kier molecular flexibility index (Phi) is 4.63. The molecule has 0 unspecified atom stereocenters. The number of carbonyl (C=O) groups is 1. The van der Waals surface area contributed by atoms with Gasteiger partial charge in [0.2, 0.25) is 8.46 Å². The van der Waals surface area contributed by atoms with Gasteiger partial charge in [0.05, 0.1) is 0 Å². The van der Waals surface area contributed by atoms with E-state index in [9.17, 15) is 9.36 Å². The van der Waals surface area contributed by atoms with E-state index in [1.54, 1.807) is 0 Å². The normalized spacial score (nSPS) is 11.0. The van der Waals surface area contributed by atoms with Gasteiger partial charge in [0, 0.05) is 5.56 Å². The first-order valence-electron chi connectivity index (χ1n) is 7.35. The molecule has 22 heavy (non-hydrogen) atoms. The number of hydrogen-bond donors (Lipinski definition) is 0. The van der Waals surface area contributed by atoms with Crippen LogP contribution in [0, 0.1) is 41.5 Å². The molecule has 0 atom stereocenters. The fourth-order valence-electron chi connectivity index (χ4n) is 3.20. The van der Waals surface area contributed by atoms with Crippen molar-refractivity contribution in [3.05, 3.63) is 57.1 Å². The van der Waals surface area contributed by atoms with Crippen LogP contribution in [-0.2, 0) is 4.57 Å². The lowest BCUT2D eigenvalue weighted by atomic mass is 9.86. The summed E-state index contributed by atoms with van der Waals surface area (Å²) >= 11 is 0. The fraction of sp³-hybridized carbons (Fsp3) is 0.316. The summed E-state index contributed by atoms with van der Waals surface area (Å²) in [5, 5.41) is 0. The maximum atomic E-state index is 12.0. The molecular weight excluding hydrogens is 291 g/mol. The second-order valence-corrected chi connectivity index (χ2v) is 6.55. The van der Waals surface area contributed by atoms with Crippen LogP contribution in [0.15, 0.2) is 18.2 Å². The fourth-order valence-corrected chi connectivity index (χ4v) is 3.64. The highest BCUT2D eigenvalue weighted by Gasteiger charge is 2.19. The molecule has 0 aliphatic carbocycles. The Hall–Kier alpha value is -1.79. The number of hydrogen-bond acceptors (Lipinski definition) is 2. The number of carbonyl (C=O) groups excluding carboxylic acids is 1. The topological polar surface area (TPSA) is 34.1 Å². The van der Waals surface area contributed by atoms with E-state index in [0.717, 1.165) is 27.8 Å². The minimum Gasteiger partial charge on any atom is -0.280 e. The van der Waals surface area contributed by atoms with E-state index in [1.807, 2.05) is 19.9 Å². The van der Waals surface area contributed by atoms with Crippen LogP contribution in [0.5, 0.6) is 0 Å². The summed E-state index contributed by atoms with van der Waals surface area (Å²) in [6, 6.07) is 6.24. The average molecular weight is 312 g/mol. The van der Waals surface area contributed by atoms with Crippen molar-refractivity contribution in [2.24, 2.45) is 0 Å². The molecule has 0 aliphatic heterocycles. The average Bonchev–Trinajstić information content (AvgIpc) is 2.46. The zero-order valence-corrected chi connectivity index (χ0v) is 14.9. The van der Waals surface area contributed by atoms with Crippen molar-refractivity contribution in [3.63, 3.8) is 0 Å². The van der Waals surface area contributed by atoms with Crippen LogP contribution in [0.1, 0.15) is 43.7 Å². The molecule has 2 aromatic carbocycles. The van der Waals surface area contributed by atoms with Crippen LogP contribution in [0.3, 0.4) is 0 Å². The molecule has 0 N–H and O–H groups in total. The van der Waals surface area contributed by atoms with E-state index < -0.39 is 8.46 Å². The Labute approximate surface area is 133 Å². The minimum absolute atomic E-state index is 0.349. The first-order valence-corrected chi connectivity index (χ1v) is 8.16. The molecule has 2 rings (SSSR count). The van der Waals surface area contributed by atoms with Crippen LogP contribution in [-0.4, -0.2) is 5.52 Å². The second kappa shape index (κ2) is 6.14. The first kappa shape index (κ1) is 16.6. The predicted molar refractivity (Wildman–Crippen MR) is 92.2 cm³/mol. The lowest BCUT2D eigenvalue weighted by Gasteiger charge is -2.19. The summed E-state index contributed by atoms with van der Waals surface area (Å²) in [6.07, 6.45) is 0. The van der Waals surface area contributed by atoms with Gasteiger partial charge in [-0.3, -0.25) is 9.36 Å². The van der Waals surface area contributed by atoms with Crippen molar-refractivity contribution in [3.8, 4) is 11.1 Å². The van der Waals surface area contributed by atoms with E-state index in [-0.39, 0.29) is 5.52 Å². The molecule has 0 amide bonds. The maximum absolute atomic E-state index is 12.0. The minimum atomic E-state index is -0.453. The molecule has 0 radical (unpaired) electrons. The van der Waals surface area contributed by atoms with Crippen LogP contribution < -0.4 is 0 Å². The van der Waals surface area contributed by atoms with Gasteiger partial charge in [-0.1, -0.05) is 18.2 Å². The van der Waals surface area contributed by atoms with Crippen LogP contribution in [0.2, 0.25) is 0 Å². The smallest absolute Gasteiger partial charge is 0.253 e. The first-order chi connectivity index (χ1) is 10.3. The van der Waals surface area contributed by atoms with Gasteiger partial charge in [-0.05, 0) is 86.1 Å². The van der Waals surface area contributed by atoms with Gasteiger partial charge in [-0.25, -0.2) is 0 Å². The SMILES string of the molecule is Cc1ccc(-c2c(C)cc(C)c(C(=O)P=O)c2C)c(C)c1C. The third-order valence-corrected chi connectivity index (χ3v) is 4.99. The number of benzene rings is 2. The molecule has 0 aliphatic rings. The molecule has 0 bridgehead atoms. The molecule has 2 aromatic rings. The lowest BCUT2D eigenvalue weighted by Crippen LogP contribution is -2.03. The standard InChI is InChI=1S/C19H21O2P/c1-10-7-8-16(14(5)13(10)4)17-11(2)9-12(3)18(15(17)6)19(20)22-21/h7-9H,1-6H3. The van der Waals surface area contributed by atoms with Crippen molar-refractivity contribution in [1.29, 1.82) is 0 Å². The van der Waals surface area contributed by atoms with Crippen molar-refractivity contribution < 1.29 is 9.36 Å². The Morgan fingerprint density at radius 1 is 0.818 bits per heavy atom. The summed E-state index contributed by atoms with van der Waals surface area (Å²) < 4.78 is 11.1. The Bertz CT molecular complexity index is 789. The quantitative estimate of drug-likeness (QED) is 0.688. The Morgan fingerprint density at radius 2 is 1.45 bits per heavy atom. The van der Waals surface area contributed by atoms with Crippen LogP contribution in [0.25, 0.3) is 11.1 Å². The second-order valence-electron chi connectivity index (χ2n) is 5.96. The number of rotatable bonds is 3. The van der Waals surface area contributed by atoms with E-state index in [1.165, 1.54) is 16.7 Å². The molecular formula is C19H21O2P. The van der Waals surface area contributed by atoms with Gasteiger partial charge in [0.25, 0.3) is 5.52 Å². The van der Waals surface area contributed by atoms with Gasteiger partial charge in [0.1, 0.15) is 0 Å². The summed E-state index contributed by atoms with van der Waals surface area (Å²) in [4.78, 5) is 12.0. The predicted octanol–water partition coefficient (Wildman–Crippen LogP) is 5.64. The van der Waals surface area contributed by atoms with Gasteiger partial charge < -0.3 is 0 Å². The van der Waals surface area contributed by atoms with E-state index in [2.05, 4.69) is 39.8 Å². The lowest BCUT2D eigenvalue weighted by molar-refractivity contribution is 0.108. The Balaban J connectivity index is 2.85. The molecule has 0 saturated carbocycles.